The van der Waals surface area contributed by atoms with Gasteiger partial charge < -0.3 is 5.73 Å². The zero-order chi connectivity index (χ0) is 14.8. The second kappa shape index (κ2) is 9.48. The number of aryl methyl sites for hydroxylation is 1. The maximum atomic E-state index is 10.6. The lowest BCUT2D eigenvalue weighted by Crippen LogP contribution is -2.20. The number of nitro benzene ring substituents is 1. The Bertz CT molecular complexity index is 390. The van der Waals surface area contributed by atoms with Crippen LogP contribution in [-0.2, 0) is 6.42 Å². The van der Waals surface area contributed by atoms with Gasteiger partial charge in [0.15, 0.2) is 0 Å². The fraction of sp³-hybridized carbons (Fsp3) is 0.625. The van der Waals surface area contributed by atoms with E-state index < -0.39 is 0 Å². The van der Waals surface area contributed by atoms with Crippen molar-refractivity contribution in [3.63, 3.8) is 0 Å². The van der Waals surface area contributed by atoms with Crippen LogP contribution in [0.2, 0.25) is 0 Å². The van der Waals surface area contributed by atoms with Gasteiger partial charge in [-0.1, -0.05) is 51.2 Å². The molecule has 1 rings (SSSR count). The smallest absolute Gasteiger partial charge is 0.269 e. The van der Waals surface area contributed by atoms with Crippen LogP contribution in [0.25, 0.3) is 0 Å². The van der Waals surface area contributed by atoms with Gasteiger partial charge in [0.05, 0.1) is 4.92 Å². The second-order valence-corrected chi connectivity index (χ2v) is 5.43. The molecular weight excluding hydrogens is 252 g/mol. The first kappa shape index (κ1) is 16.6. The molecule has 20 heavy (non-hydrogen) atoms. The monoisotopic (exact) mass is 278 g/mol. The lowest BCUT2D eigenvalue weighted by Gasteiger charge is -2.11. The van der Waals surface area contributed by atoms with E-state index in [1.165, 1.54) is 32.1 Å². The summed E-state index contributed by atoms with van der Waals surface area (Å²) in [5, 5.41) is 10.6. The first-order valence-electron chi connectivity index (χ1n) is 7.62. The molecular formula is C16H26N2O2. The molecule has 0 aliphatic carbocycles. The Balaban J connectivity index is 2.20. The Labute approximate surface area is 121 Å². The number of benzene rings is 1. The summed E-state index contributed by atoms with van der Waals surface area (Å²) in [6.07, 6.45) is 9.31. The third-order valence-corrected chi connectivity index (χ3v) is 3.63. The predicted octanol–water partition coefficient (Wildman–Crippen LogP) is 4.22. The van der Waals surface area contributed by atoms with Crippen molar-refractivity contribution in [1.82, 2.24) is 0 Å². The van der Waals surface area contributed by atoms with Gasteiger partial charge in [0, 0.05) is 18.2 Å². The van der Waals surface area contributed by atoms with Crippen LogP contribution in [0.1, 0.15) is 57.4 Å². The highest BCUT2D eigenvalue weighted by Gasteiger charge is 2.06. The first-order chi connectivity index (χ1) is 9.63. The number of rotatable bonds is 10. The summed E-state index contributed by atoms with van der Waals surface area (Å²) in [5.74, 6) is 0. The van der Waals surface area contributed by atoms with Gasteiger partial charge in [-0.2, -0.15) is 0 Å². The Morgan fingerprint density at radius 3 is 2.35 bits per heavy atom. The van der Waals surface area contributed by atoms with E-state index in [4.69, 9.17) is 5.73 Å². The number of unbranched alkanes of at least 4 members (excludes halogenated alkanes) is 4. The van der Waals surface area contributed by atoms with Gasteiger partial charge in [-0.05, 0) is 24.8 Å². The molecule has 0 fully saturated rings. The van der Waals surface area contributed by atoms with E-state index in [-0.39, 0.29) is 16.7 Å². The molecule has 4 nitrogen and oxygen atoms in total. The van der Waals surface area contributed by atoms with Crippen molar-refractivity contribution in [2.24, 2.45) is 5.73 Å². The highest BCUT2D eigenvalue weighted by atomic mass is 16.6. The molecule has 0 aromatic heterocycles. The van der Waals surface area contributed by atoms with Crippen molar-refractivity contribution in [3.05, 3.63) is 39.9 Å². The van der Waals surface area contributed by atoms with Crippen molar-refractivity contribution in [2.45, 2.75) is 64.3 Å². The van der Waals surface area contributed by atoms with Crippen LogP contribution in [0.5, 0.6) is 0 Å². The van der Waals surface area contributed by atoms with E-state index in [0.717, 1.165) is 24.8 Å². The normalized spacial score (nSPS) is 12.3. The SMILES string of the molecule is CCCCCCCC(N)CCc1ccc([N+](=O)[O-])cc1. The lowest BCUT2D eigenvalue weighted by molar-refractivity contribution is -0.384. The second-order valence-electron chi connectivity index (χ2n) is 5.43. The third-order valence-electron chi connectivity index (χ3n) is 3.63. The van der Waals surface area contributed by atoms with Gasteiger partial charge in [-0.3, -0.25) is 10.1 Å². The minimum atomic E-state index is -0.369. The van der Waals surface area contributed by atoms with Crippen LogP contribution < -0.4 is 5.73 Å². The lowest BCUT2D eigenvalue weighted by atomic mass is 10.0. The summed E-state index contributed by atoms with van der Waals surface area (Å²) < 4.78 is 0. The Morgan fingerprint density at radius 2 is 1.75 bits per heavy atom. The summed E-state index contributed by atoms with van der Waals surface area (Å²) >= 11 is 0. The minimum Gasteiger partial charge on any atom is -0.328 e. The van der Waals surface area contributed by atoms with Crippen LogP contribution >= 0.6 is 0 Å². The van der Waals surface area contributed by atoms with Crippen molar-refractivity contribution < 1.29 is 4.92 Å². The fourth-order valence-electron chi connectivity index (χ4n) is 2.29. The molecule has 0 spiro atoms. The van der Waals surface area contributed by atoms with Crippen molar-refractivity contribution in [2.75, 3.05) is 0 Å². The van der Waals surface area contributed by atoms with Gasteiger partial charge in [0.2, 0.25) is 0 Å². The summed E-state index contributed by atoms with van der Waals surface area (Å²) in [7, 11) is 0. The van der Waals surface area contributed by atoms with E-state index >= 15 is 0 Å². The van der Waals surface area contributed by atoms with Crippen molar-refractivity contribution >= 4 is 5.69 Å². The quantitative estimate of drug-likeness (QED) is 0.396. The summed E-state index contributed by atoms with van der Waals surface area (Å²) in [4.78, 5) is 10.2. The van der Waals surface area contributed by atoms with E-state index in [1.54, 1.807) is 12.1 Å². The minimum absolute atomic E-state index is 0.147. The van der Waals surface area contributed by atoms with Gasteiger partial charge in [-0.25, -0.2) is 0 Å². The van der Waals surface area contributed by atoms with Gasteiger partial charge >= 0.3 is 0 Å². The van der Waals surface area contributed by atoms with E-state index in [1.807, 2.05) is 12.1 Å². The molecule has 1 aromatic carbocycles. The largest absolute Gasteiger partial charge is 0.328 e. The molecule has 0 aliphatic heterocycles. The molecule has 1 unspecified atom stereocenters. The summed E-state index contributed by atoms with van der Waals surface area (Å²) in [6, 6.07) is 7.02. The van der Waals surface area contributed by atoms with Gasteiger partial charge in [0.25, 0.3) is 5.69 Å². The molecule has 0 saturated heterocycles. The highest BCUT2D eigenvalue weighted by Crippen LogP contribution is 2.15. The Hall–Kier alpha value is -1.42. The number of hydrogen-bond acceptors (Lipinski definition) is 3. The molecule has 0 radical (unpaired) electrons. The Morgan fingerprint density at radius 1 is 1.10 bits per heavy atom. The highest BCUT2D eigenvalue weighted by molar-refractivity contribution is 5.32. The van der Waals surface area contributed by atoms with Crippen LogP contribution in [0.3, 0.4) is 0 Å². The molecule has 0 amide bonds. The number of nitrogens with two attached hydrogens (primary N) is 1. The molecule has 0 aliphatic rings. The molecule has 2 N–H and O–H groups in total. The van der Waals surface area contributed by atoms with Crippen LogP contribution in [0.15, 0.2) is 24.3 Å². The third kappa shape index (κ3) is 6.66. The zero-order valence-electron chi connectivity index (χ0n) is 12.4. The van der Waals surface area contributed by atoms with E-state index in [0.29, 0.717) is 0 Å². The number of non-ortho nitro benzene ring substituents is 1. The molecule has 1 aromatic rings. The van der Waals surface area contributed by atoms with Crippen molar-refractivity contribution in [3.8, 4) is 0 Å². The number of hydrogen-bond donors (Lipinski definition) is 1. The fourth-order valence-corrected chi connectivity index (χ4v) is 2.29. The average molecular weight is 278 g/mol. The van der Waals surface area contributed by atoms with Crippen molar-refractivity contribution in [1.29, 1.82) is 0 Å². The summed E-state index contributed by atoms with van der Waals surface area (Å²) in [6.45, 7) is 2.22. The standard InChI is InChI=1S/C16H26N2O2/c1-2-3-4-5-6-7-15(17)11-8-14-9-12-16(13-10-14)18(19)20/h9-10,12-13,15H,2-8,11,17H2,1H3. The molecule has 0 heterocycles. The molecule has 4 heteroatoms. The van der Waals surface area contributed by atoms with Crippen LogP contribution in [0, 0.1) is 10.1 Å². The molecule has 1 atom stereocenters. The van der Waals surface area contributed by atoms with E-state index in [9.17, 15) is 10.1 Å². The predicted molar refractivity (Wildman–Crippen MR) is 82.8 cm³/mol. The molecule has 0 bridgehead atoms. The van der Waals surface area contributed by atoms with Gasteiger partial charge in [0.1, 0.15) is 0 Å². The Kier molecular flexibility index (Phi) is 7.88. The average Bonchev–Trinajstić information content (AvgIpc) is 2.45. The maximum absolute atomic E-state index is 10.6. The molecule has 112 valence electrons. The first-order valence-corrected chi connectivity index (χ1v) is 7.62. The molecule has 0 saturated carbocycles. The van der Waals surface area contributed by atoms with Crippen LogP contribution in [-0.4, -0.2) is 11.0 Å². The summed E-state index contributed by atoms with van der Waals surface area (Å²) in [5.41, 5.74) is 7.38. The number of nitrogens with zero attached hydrogens (tertiary/aromatic N) is 1. The van der Waals surface area contributed by atoms with E-state index in [2.05, 4.69) is 6.92 Å². The van der Waals surface area contributed by atoms with Crippen LogP contribution in [0.4, 0.5) is 5.69 Å². The zero-order valence-corrected chi connectivity index (χ0v) is 12.4. The van der Waals surface area contributed by atoms with Gasteiger partial charge in [-0.15, -0.1) is 0 Å². The topological polar surface area (TPSA) is 69.2 Å². The number of nitro groups is 1. The maximum Gasteiger partial charge on any atom is 0.269 e.